The molecule has 0 amide bonds. The molecule has 1 atom stereocenters. The van der Waals surface area contributed by atoms with Crippen molar-refractivity contribution in [1.82, 2.24) is 0 Å². The van der Waals surface area contributed by atoms with Gasteiger partial charge in [0.05, 0.1) is 6.61 Å². The molecule has 1 fully saturated rings. The highest BCUT2D eigenvalue weighted by Crippen LogP contribution is 2.22. The molecule has 0 saturated carbocycles. The summed E-state index contributed by atoms with van der Waals surface area (Å²) in [6.45, 7) is 6.51. The zero-order chi connectivity index (χ0) is 17.1. The zero-order valence-corrected chi connectivity index (χ0v) is 14.9. The van der Waals surface area contributed by atoms with Crippen molar-refractivity contribution in [2.45, 2.75) is 90.4 Å². The molecular formula is C18H32O5. The third kappa shape index (κ3) is 9.72. The van der Waals surface area contributed by atoms with Gasteiger partial charge < -0.3 is 14.2 Å². The Morgan fingerprint density at radius 3 is 2.39 bits per heavy atom. The van der Waals surface area contributed by atoms with E-state index in [1.165, 1.54) is 19.3 Å². The van der Waals surface area contributed by atoms with Gasteiger partial charge in [0.25, 0.3) is 0 Å². The van der Waals surface area contributed by atoms with Crippen molar-refractivity contribution < 1.29 is 23.8 Å². The Morgan fingerprint density at radius 1 is 1.04 bits per heavy atom. The fraction of sp³-hybridized carbons (Fsp3) is 0.889. The molecule has 0 N–H and O–H groups in total. The molecule has 1 rings (SSSR count). The third-order valence-electron chi connectivity index (χ3n) is 3.89. The lowest BCUT2D eigenvalue weighted by molar-refractivity contribution is -0.158. The summed E-state index contributed by atoms with van der Waals surface area (Å²) in [5.41, 5.74) is 0. The zero-order valence-electron chi connectivity index (χ0n) is 14.9. The van der Waals surface area contributed by atoms with E-state index in [0.717, 1.165) is 12.8 Å². The van der Waals surface area contributed by atoms with Gasteiger partial charge in [0.15, 0.2) is 5.79 Å². The number of Topliss-reactive ketones (excluding diaryl/α,β-unsaturated/α-hetero) is 1. The summed E-state index contributed by atoms with van der Waals surface area (Å²) in [6.07, 6.45) is 7.54. The number of ketones is 1. The normalized spacial score (nSPS) is 19.7. The van der Waals surface area contributed by atoms with E-state index in [1.54, 1.807) is 0 Å². The Kier molecular flexibility index (Phi) is 9.41. The molecule has 0 aromatic rings. The summed E-state index contributed by atoms with van der Waals surface area (Å²) >= 11 is 0. The van der Waals surface area contributed by atoms with Crippen LogP contribution in [0.5, 0.6) is 0 Å². The molecule has 1 heterocycles. The first-order valence-electron chi connectivity index (χ1n) is 8.92. The molecule has 134 valence electrons. The number of carbonyl (C=O) groups is 2. The van der Waals surface area contributed by atoms with Crippen molar-refractivity contribution in [3.8, 4) is 0 Å². The quantitative estimate of drug-likeness (QED) is 0.403. The van der Waals surface area contributed by atoms with Gasteiger partial charge in [-0.15, -0.1) is 0 Å². The molecular weight excluding hydrogens is 296 g/mol. The number of ether oxygens (including phenoxy) is 3. The molecule has 0 aromatic carbocycles. The van der Waals surface area contributed by atoms with Crippen LogP contribution in [0.3, 0.4) is 0 Å². The van der Waals surface area contributed by atoms with Gasteiger partial charge in [-0.1, -0.05) is 32.6 Å². The van der Waals surface area contributed by atoms with E-state index in [2.05, 4.69) is 6.92 Å². The van der Waals surface area contributed by atoms with Crippen LogP contribution < -0.4 is 0 Å². The van der Waals surface area contributed by atoms with Gasteiger partial charge >= 0.3 is 5.97 Å². The van der Waals surface area contributed by atoms with E-state index in [-0.39, 0.29) is 24.5 Å². The molecule has 1 saturated heterocycles. The predicted molar refractivity (Wildman–Crippen MR) is 88.1 cm³/mol. The molecule has 0 aliphatic carbocycles. The number of hydrogen-bond acceptors (Lipinski definition) is 5. The number of carbonyl (C=O) groups excluding carboxylic acids is 2. The van der Waals surface area contributed by atoms with Crippen LogP contribution in [0.15, 0.2) is 0 Å². The molecule has 23 heavy (non-hydrogen) atoms. The highest BCUT2D eigenvalue weighted by atomic mass is 16.7. The van der Waals surface area contributed by atoms with E-state index >= 15 is 0 Å². The summed E-state index contributed by atoms with van der Waals surface area (Å²) in [6, 6.07) is 0. The SMILES string of the molecule is CCCCCCCC(=O)CCCC(=O)OCC1COC(C)(C)O1. The Labute approximate surface area is 140 Å². The monoisotopic (exact) mass is 328 g/mol. The predicted octanol–water partition coefficient (Wildman–Crippen LogP) is 3.78. The molecule has 0 radical (unpaired) electrons. The summed E-state index contributed by atoms with van der Waals surface area (Å²) < 4.78 is 16.1. The van der Waals surface area contributed by atoms with Gasteiger partial charge in [0, 0.05) is 19.3 Å². The topological polar surface area (TPSA) is 61.8 Å². The molecule has 0 bridgehead atoms. The van der Waals surface area contributed by atoms with Crippen molar-refractivity contribution >= 4 is 11.8 Å². The van der Waals surface area contributed by atoms with Crippen LogP contribution in [-0.2, 0) is 23.8 Å². The molecule has 5 heteroatoms. The second-order valence-corrected chi connectivity index (χ2v) is 6.69. The fourth-order valence-electron chi connectivity index (χ4n) is 2.58. The first-order valence-corrected chi connectivity index (χ1v) is 8.92. The Bertz CT molecular complexity index is 364. The van der Waals surface area contributed by atoms with Crippen LogP contribution in [0.1, 0.15) is 78.6 Å². The van der Waals surface area contributed by atoms with Gasteiger partial charge in [-0.3, -0.25) is 9.59 Å². The van der Waals surface area contributed by atoms with E-state index in [0.29, 0.717) is 32.3 Å². The molecule has 1 aliphatic heterocycles. The van der Waals surface area contributed by atoms with E-state index in [9.17, 15) is 9.59 Å². The largest absolute Gasteiger partial charge is 0.463 e. The van der Waals surface area contributed by atoms with E-state index < -0.39 is 5.79 Å². The summed E-state index contributed by atoms with van der Waals surface area (Å²) in [5.74, 6) is -0.613. The summed E-state index contributed by atoms with van der Waals surface area (Å²) in [4.78, 5) is 23.4. The second kappa shape index (κ2) is 10.8. The van der Waals surface area contributed by atoms with Crippen molar-refractivity contribution in [2.24, 2.45) is 0 Å². The van der Waals surface area contributed by atoms with Crippen LogP contribution in [0.25, 0.3) is 0 Å². The highest BCUT2D eigenvalue weighted by Gasteiger charge is 2.33. The first-order chi connectivity index (χ1) is 10.9. The first kappa shape index (κ1) is 20.1. The maximum atomic E-state index is 11.7. The van der Waals surface area contributed by atoms with Crippen molar-refractivity contribution in [3.05, 3.63) is 0 Å². The van der Waals surface area contributed by atoms with E-state index in [4.69, 9.17) is 14.2 Å². The van der Waals surface area contributed by atoms with Gasteiger partial charge in [-0.25, -0.2) is 0 Å². The molecule has 1 unspecified atom stereocenters. The Balaban J connectivity index is 1.98. The lowest BCUT2D eigenvalue weighted by Gasteiger charge is -2.16. The van der Waals surface area contributed by atoms with E-state index in [1.807, 2.05) is 13.8 Å². The molecule has 0 spiro atoms. The van der Waals surface area contributed by atoms with Crippen molar-refractivity contribution in [3.63, 3.8) is 0 Å². The second-order valence-electron chi connectivity index (χ2n) is 6.69. The van der Waals surface area contributed by atoms with Crippen LogP contribution in [0.2, 0.25) is 0 Å². The fourth-order valence-corrected chi connectivity index (χ4v) is 2.58. The maximum absolute atomic E-state index is 11.7. The van der Waals surface area contributed by atoms with Gasteiger partial charge in [0.2, 0.25) is 0 Å². The van der Waals surface area contributed by atoms with Crippen molar-refractivity contribution in [1.29, 1.82) is 0 Å². The van der Waals surface area contributed by atoms with Gasteiger partial charge in [-0.05, 0) is 26.7 Å². The van der Waals surface area contributed by atoms with Crippen molar-refractivity contribution in [2.75, 3.05) is 13.2 Å². The van der Waals surface area contributed by atoms with Crippen LogP contribution in [0.4, 0.5) is 0 Å². The Morgan fingerprint density at radius 2 is 1.74 bits per heavy atom. The lowest BCUT2D eigenvalue weighted by Crippen LogP contribution is -2.25. The number of esters is 1. The number of rotatable bonds is 12. The van der Waals surface area contributed by atoms with Crippen LogP contribution in [0, 0.1) is 0 Å². The summed E-state index contributed by atoms with van der Waals surface area (Å²) in [7, 11) is 0. The average Bonchev–Trinajstić information content (AvgIpc) is 2.84. The highest BCUT2D eigenvalue weighted by molar-refractivity contribution is 5.79. The minimum absolute atomic E-state index is 0.196. The molecule has 5 nitrogen and oxygen atoms in total. The third-order valence-corrected chi connectivity index (χ3v) is 3.89. The lowest BCUT2D eigenvalue weighted by atomic mass is 10.1. The molecule has 0 aromatic heterocycles. The maximum Gasteiger partial charge on any atom is 0.305 e. The molecule has 1 aliphatic rings. The van der Waals surface area contributed by atoms with Crippen LogP contribution in [-0.4, -0.2) is 36.9 Å². The van der Waals surface area contributed by atoms with Gasteiger partial charge in [0.1, 0.15) is 18.5 Å². The average molecular weight is 328 g/mol. The Hall–Kier alpha value is -0.940. The van der Waals surface area contributed by atoms with Gasteiger partial charge in [-0.2, -0.15) is 0 Å². The minimum atomic E-state index is -0.597. The smallest absolute Gasteiger partial charge is 0.305 e. The number of hydrogen-bond donors (Lipinski definition) is 0. The minimum Gasteiger partial charge on any atom is -0.463 e. The van der Waals surface area contributed by atoms with Crippen LogP contribution >= 0.6 is 0 Å². The summed E-state index contributed by atoms with van der Waals surface area (Å²) in [5, 5.41) is 0. The number of unbranched alkanes of at least 4 members (excludes halogenated alkanes) is 4. The standard InChI is InChI=1S/C18H32O5/c1-4-5-6-7-8-10-15(19)11-9-12-17(20)21-13-16-14-22-18(2,3)23-16/h16H,4-14H2,1-3H3.